The third-order valence-electron chi connectivity index (χ3n) is 3.08. The van der Waals surface area contributed by atoms with E-state index in [4.69, 9.17) is 9.26 Å². The van der Waals surface area contributed by atoms with E-state index in [1.165, 1.54) is 0 Å². The second-order valence-electron chi connectivity index (χ2n) is 6.62. The molecule has 24 heavy (non-hydrogen) atoms. The molecule has 0 aromatic carbocycles. The van der Waals surface area contributed by atoms with E-state index in [9.17, 15) is 4.79 Å². The maximum absolute atomic E-state index is 11.5. The van der Waals surface area contributed by atoms with E-state index in [2.05, 4.69) is 20.4 Å². The zero-order valence-corrected chi connectivity index (χ0v) is 14.6. The van der Waals surface area contributed by atoms with Crippen molar-refractivity contribution in [3.05, 3.63) is 41.3 Å². The smallest absolute Gasteiger partial charge is 0.407 e. The Bertz CT molecular complexity index is 659. The summed E-state index contributed by atoms with van der Waals surface area (Å²) >= 11 is 0. The molecule has 0 saturated heterocycles. The van der Waals surface area contributed by atoms with Crippen LogP contribution in [0.3, 0.4) is 0 Å². The van der Waals surface area contributed by atoms with Gasteiger partial charge in [0, 0.05) is 24.9 Å². The van der Waals surface area contributed by atoms with Gasteiger partial charge in [0.2, 0.25) is 5.89 Å². The van der Waals surface area contributed by atoms with Gasteiger partial charge >= 0.3 is 6.09 Å². The Morgan fingerprint density at radius 2 is 2.12 bits per heavy atom. The monoisotopic (exact) mass is 332 g/mol. The van der Waals surface area contributed by atoms with Crippen molar-refractivity contribution >= 4 is 6.09 Å². The zero-order chi connectivity index (χ0) is 17.6. The number of carbonyl (C=O) groups excluding carboxylic acids is 1. The molecule has 0 unspecified atom stereocenters. The fraction of sp³-hybridized carbons (Fsp3) is 0.529. The second kappa shape index (κ2) is 7.90. The van der Waals surface area contributed by atoms with Gasteiger partial charge in [-0.1, -0.05) is 11.2 Å². The van der Waals surface area contributed by atoms with Gasteiger partial charge in [0.15, 0.2) is 5.82 Å². The van der Waals surface area contributed by atoms with Crippen LogP contribution < -0.4 is 5.32 Å². The number of nitrogens with zero attached hydrogens (tertiary/aromatic N) is 3. The van der Waals surface area contributed by atoms with Gasteiger partial charge in [-0.25, -0.2) is 4.79 Å². The second-order valence-corrected chi connectivity index (χ2v) is 6.62. The van der Waals surface area contributed by atoms with Crippen LogP contribution in [-0.2, 0) is 17.6 Å². The molecule has 2 rings (SSSR count). The highest BCUT2D eigenvalue weighted by atomic mass is 16.6. The lowest BCUT2D eigenvalue weighted by Gasteiger charge is -2.19. The van der Waals surface area contributed by atoms with Crippen LogP contribution in [0.2, 0.25) is 0 Å². The van der Waals surface area contributed by atoms with E-state index in [0.717, 1.165) is 11.3 Å². The lowest BCUT2D eigenvalue weighted by atomic mass is 10.2. The molecular formula is C17H24N4O3. The summed E-state index contributed by atoms with van der Waals surface area (Å²) in [5, 5.41) is 6.66. The normalized spacial score (nSPS) is 11.3. The molecule has 2 aromatic heterocycles. The van der Waals surface area contributed by atoms with Crippen LogP contribution in [0, 0.1) is 6.92 Å². The molecule has 0 aliphatic rings. The highest BCUT2D eigenvalue weighted by Gasteiger charge is 2.15. The average Bonchev–Trinajstić information content (AvgIpc) is 2.92. The number of alkyl carbamates (subject to hydrolysis) is 1. The van der Waals surface area contributed by atoms with Gasteiger partial charge < -0.3 is 14.6 Å². The Morgan fingerprint density at radius 3 is 2.79 bits per heavy atom. The molecule has 0 spiro atoms. The Labute approximate surface area is 141 Å². The average molecular weight is 332 g/mol. The molecule has 0 saturated carbocycles. The number of rotatable bonds is 6. The number of carbonyl (C=O) groups is 1. The van der Waals surface area contributed by atoms with Crippen LogP contribution in [0.25, 0.3) is 0 Å². The minimum absolute atomic E-state index is 0.414. The van der Waals surface area contributed by atoms with Crippen molar-refractivity contribution in [3.8, 4) is 0 Å². The van der Waals surface area contributed by atoms with Crippen LogP contribution in [-0.4, -0.2) is 33.4 Å². The fourth-order valence-corrected chi connectivity index (χ4v) is 1.99. The minimum Gasteiger partial charge on any atom is -0.444 e. The number of aromatic nitrogens is 3. The predicted molar refractivity (Wildman–Crippen MR) is 88.6 cm³/mol. The largest absolute Gasteiger partial charge is 0.444 e. The first-order valence-corrected chi connectivity index (χ1v) is 8.02. The molecule has 0 atom stereocenters. The van der Waals surface area contributed by atoms with E-state index in [0.29, 0.717) is 37.5 Å². The van der Waals surface area contributed by atoms with Crippen molar-refractivity contribution in [1.82, 2.24) is 20.4 Å². The molecule has 7 nitrogen and oxygen atoms in total. The highest BCUT2D eigenvalue weighted by Crippen LogP contribution is 2.09. The lowest BCUT2D eigenvalue weighted by Crippen LogP contribution is -2.33. The Hall–Kier alpha value is -2.44. The summed E-state index contributed by atoms with van der Waals surface area (Å²) in [6.07, 6.45) is 3.30. The third kappa shape index (κ3) is 6.36. The van der Waals surface area contributed by atoms with Crippen molar-refractivity contribution in [1.29, 1.82) is 0 Å². The number of nitrogens with one attached hydrogen (secondary N) is 1. The number of aryl methyl sites for hydroxylation is 2. The molecule has 0 radical (unpaired) electrons. The molecule has 130 valence electrons. The fourth-order valence-electron chi connectivity index (χ4n) is 1.99. The first-order chi connectivity index (χ1) is 11.3. The Morgan fingerprint density at radius 1 is 1.33 bits per heavy atom. The van der Waals surface area contributed by atoms with Crippen molar-refractivity contribution in [2.24, 2.45) is 0 Å². The van der Waals surface area contributed by atoms with Gasteiger partial charge in [-0.15, -0.1) is 0 Å². The maximum atomic E-state index is 11.5. The van der Waals surface area contributed by atoms with Crippen LogP contribution in [0.15, 0.2) is 22.9 Å². The molecule has 0 fully saturated rings. The maximum Gasteiger partial charge on any atom is 0.407 e. The van der Waals surface area contributed by atoms with Crippen LogP contribution in [0.5, 0.6) is 0 Å². The van der Waals surface area contributed by atoms with Crippen molar-refractivity contribution < 1.29 is 14.1 Å². The standard InChI is InChI=1S/C17H24N4O3/c1-12-7-8-13(11-19-12)10-15-20-14(21-24-15)6-5-9-18-16(22)23-17(2,3)4/h7-8,11H,5-6,9-10H2,1-4H3,(H,18,22). The van der Waals surface area contributed by atoms with Crippen molar-refractivity contribution in [2.75, 3.05) is 6.54 Å². The summed E-state index contributed by atoms with van der Waals surface area (Å²) in [6, 6.07) is 3.95. The summed E-state index contributed by atoms with van der Waals surface area (Å²) in [5.74, 6) is 1.20. The van der Waals surface area contributed by atoms with E-state index in [1.54, 1.807) is 0 Å². The van der Waals surface area contributed by atoms with Crippen LogP contribution >= 0.6 is 0 Å². The van der Waals surface area contributed by atoms with E-state index in [1.807, 2.05) is 46.0 Å². The molecular weight excluding hydrogens is 308 g/mol. The molecule has 0 bridgehead atoms. The first-order valence-electron chi connectivity index (χ1n) is 8.02. The number of hydrogen-bond donors (Lipinski definition) is 1. The lowest BCUT2D eigenvalue weighted by molar-refractivity contribution is 0.0527. The van der Waals surface area contributed by atoms with Crippen LogP contribution in [0.1, 0.15) is 50.2 Å². The number of hydrogen-bond acceptors (Lipinski definition) is 6. The van der Waals surface area contributed by atoms with E-state index in [-0.39, 0.29) is 0 Å². The Kier molecular flexibility index (Phi) is 5.89. The van der Waals surface area contributed by atoms with Gasteiger partial charge in [-0.3, -0.25) is 4.98 Å². The third-order valence-corrected chi connectivity index (χ3v) is 3.08. The van der Waals surface area contributed by atoms with E-state index >= 15 is 0 Å². The summed E-state index contributed by atoms with van der Waals surface area (Å²) in [4.78, 5) is 20.1. The highest BCUT2D eigenvalue weighted by molar-refractivity contribution is 5.67. The minimum atomic E-state index is -0.489. The van der Waals surface area contributed by atoms with Gasteiger partial charge in [0.25, 0.3) is 0 Å². The van der Waals surface area contributed by atoms with Crippen LogP contribution in [0.4, 0.5) is 4.79 Å². The topological polar surface area (TPSA) is 90.1 Å². The van der Waals surface area contributed by atoms with Gasteiger partial charge in [-0.05, 0) is 45.7 Å². The number of pyridine rings is 1. The van der Waals surface area contributed by atoms with Crippen molar-refractivity contribution in [3.63, 3.8) is 0 Å². The summed E-state index contributed by atoms with van der Waals surface area (Å²) < 4.78 is 10.4. The number of amides is 1. The predicted octanol–water partition coefficient (Wildman–Crippen LogP) is 2.82. The summed E-state index contributed by atoms with van der Waals surface area (Å²) in [7, 11) is 0. The summed E-state index contributed by atoms with van der Waals surface area (Å²) in [5.41, 5.74) is 1.52. The molecule has 1 N–H and O–H groups in total. The molecule has 1 amide bonds. The summed E-state index contributed by atoms with van der Waals surface area (Å²) in [6.45, 7) is 7.94. The Balaban J connectivity index is 1.72. The van der Waals surface area contributed by atoms with Gasteiger partial charge in [0.05, 0.1) is 6.42 Å². The van der Waals surface area contributed by atoms with Crippen molar-refractivity contribution in [2.45, 2.75) is 52.6 Å². The quantitative estimate of drug-likeness (QED) is 0.818. The molecule has 2 aromatic rings. The molecule has 7 heteroatoms. The van der Waals surface area contributed by atoms with Gasteiger partial charge in [0.1, 0.15) is 5.60 Å². The van der Waals surface area contributed by atoms with E-state index < -0.39 is 11.7 Å². The first kappa shape index (κ1) is 17.9. The molecule has 2 heterocycles. The molecule has 0 aliphatic carbocycles. The SMILES string of the molecule is Cc1ccc(Cc2nc(CCCNC(=O)OC(C)(C)C)no2)cn1. The number of ether oxygens (including phenoxy) is 1. The van der Waals surface area contributed by atoms with Gasteiger partial charge in [-0.2, -0.15) is 4.98 Å². The zero-order valence-electron chi connectivity index (χ0n) is 14.6. The molecule has 0 aliphatic heterocycles.